The Hall–Kier alpha value is -2.07. The van der Waals surface area contributed by atoms with E-state index in [1.54, 1.807) is 13.3 Å². The maximum Gasteiger partial charge on any atom is 0.134 e. The molecule has 18 heavy (non-hydrogen) atoms. The summed E-state index contributed by atoms with van der Waals surface area (Å²) in [6.07, 6.45) is 5.68. The minimum absolute atomic E-state index is 0.554. The van der Waals surface area contributed by atoms with Crippen LogP contribution in [0, 0.1) is 0 Å². The van der Waals surface area contributed by atoms with E-state index < -0.39 is 0 Å². The predicted molar refractivity (Wildman–Crippen MR) is 75.0 cm³/mol. The van der Waals surface area contributed by atoms with Gasteiger partial charge in [-0.2, -0.15) is 0 Å². The molecular weight excluding hydrogens is 226 g/mol. The molecule has 1 heterocycles. The first-order chi connectivity index (χ1) is 8.86. The molecule has 0 bridgehead atoms. The highest BCUT2D eigenvalue weighted by atomic mass is 16.5. The Morgan fingerprint density at radius 2 is 2.17 bits per heavy atom. The van der Waals surface area contributed by atoms with Crippen molar-refractivity contribution in [1.29, 1.82) is 0 Å². The lowest BCUT2D eigenvalue weighted by Gasteiger charge is -2.09. The summed E-state index contributed by atoms with van der Waals surface area (Å²) < 4.78 is 5.34. The summed E-state index contributed by atoms with van der Waals surface area (Å²) in [4.78, 5) is 4.35. The van der Waals surface area contributed by atoms with Gasteiger partial charge in [0.25, 0.3) is 0 Å². The molecule has 0 unspecified atom stereocenters. The number of hydrogen-bond acceptors (Lipinski definition) is 4. The molecule has 0 saturated heterocycles. The number of nitrogens with zero attached hydrogens (tertiary/aromatic N) is 1. The predicted octanol–water partition coefficient (Wildman–Crippen LogP) is 2.17. The smallest absolute Gasteiger partial charge is 0.134 e. The van der Waals surface area contributed by atoms with Gasteiger partial charge < -0.3 is 15.8 Å². The number of benzene rings is 1. The monoisotopic (exact) mass is 243 g/mol. The summed E-state index contributed by atoms with van der Waals surface area (Å²) in [5.41, 5.74) is 5.39. The molecule has 0 spiro atoms. The van der Waals surface area contributed by atoms with Gasteiger partial charge >= 0.3 is 0 Å². The van der Waals surface area contributed by atoms with Crippen molar-refractivity contribution in [3.8, 4) is 5.75 Å². The van der Waals surface area contributed by atoms with E-state index in [1.807, 2.05) is 36.4 Å². The molecule has 4 nitrogen and oxygen atoms in total. The quantitative estimate of drug-likeness (QED) is 0.790. The SMILES string of the molecule is COc1cccc2c(NC/C=C/CN)nccc12. The van der Waals surface area contributed by atoms with Gasteiger partial charge in [-0.15, -0.1) is 0 Å². The number of methoxy groups -OCH3 is 1. The van der Waals surface area contributed by atoms with Gasteiger partial charge in [-0.1, -0.05) is 24.3 Å². The highest BCUT2D eigenvalue weighted by Gasteiger charge is 2.04. The second-order valence-corrected chi connectivity index (χ2v) is 3.80. The lowest BCUT2D eigenvalue weighted by molar-refractivity contribution is 0.420. The van der Waals surface area contributed by atoms with E-state index in [0.717, 1.165) is 22.3 Å². The Labute approximate surface area is 106 Å². The van der Waals surface area contributed by atoms with E-state index >= 15 is 0 Å². The van der Waals surface area contributed by atoms with Gasteiger partial charge in [0.2, 0.25) is 0 Å². The van der Waals surface area contributed by atoms with Crippen molar-refractivity contribution < 1.29 is 4.74 Å². The zero-order valence-corrected chi connectivity index (χ0v) is 10.4. The minimum atomic E-state index is 0.554. The third kappa shape index (κ3) is 2.60. The normalized spacial score (nSPS) is 11.0. The third-order valence-corrected chi connectivity index (χ3v) is 2.68. The summed E-state index contributed by atoms with van der Waals surface area (Å²) in [5, 5.41) is 5.37. The first-order valence-electron chi connectivity index (χ1n) is 5.87. The molecule has 4 heteroatoms. The van der Waals surface area contributed by atoms with Crippen LogP contribution >= 0.6 is 0 Å². The molecule has 0 radical (unpaired) electrons. The Balaban J connectivity index is 2.31. The van der Waals surface area contributed by atoms with Crippen LogP contribution in [0.2, 0.25) is 0 Å². The topological polar surface area (TPSA) is 60.2 Å². The molecule has 1 aromatic carbocycles. The number of anilines is 1. The van der Waals surface area contributed by atoms with Gasteiger partial charge in [0, 0.05) is 30.1 Å². The van der Waals surface area contributed by atoms with E-state index in [0.29, 0.717) is 13.1 Å². The molecule has 2 aromatic rings. The number of nitrogens with one attached hydrogen (secondary N) is 1. The van der Waals surface area contributed by atoms with Crippen molar-refractivity contribution in [2.24, 2.45) is 5.73 Å². The van der Waals surface area contributed by atoms with Crippen molar-refractivity contribution >= 4 is 16.6 Å². The summed E-state index contributed by atoms with van der Waals surface area (Å²) in [6.45, 7) is 1.26. The van der Waals surface area contributed by atoms with Gasteiger partial charge in [-0.25, -0.2) is 4.98 Å². The number of rotatable bonds is 5. The zero-order valence-electron chi connectivity index (χ0n) is 10.4. The van der Waals surface area contributed by atoms with Crippen LogP contribution in [0.5, 0.6) is 5.75 Å². The number of pyridine rings is 1. The molecule has 0 atom stereocenters. The van der Waals surface area contributed by atoms with E-state index in [-0.39, 0.29) is 0 Å². The minimum Gasteiger partial charge on any atom is -0.496 e. The van der Waals surface area contributed by atoms with Crippen molar-refractivity contribution in [2.75, 3.05) is 25.5 Å². The van der Waals surface area contributed by atoms with Crippen molar-refractivity contribution in [1.82, 2.24) is 4.98 Å². The van der Waals surface area contributed by atoms with Crippen LogP contribution in [-0.2, 0) is 0 Å². The fraction of sp³-hybridized carbons (Fsp3) is 0.214. The molecule has 0 amide bonds. The summed E-state index contributed by atoms with van der Waals surface area (Å²) in [7, 11) is 1.67. The standard InChI is InChI=1S/C14H17N3O/c1-18-13-6-4-5-12-11(13)7-10-17-14(12)16-9-3-2-8-15/h2-7,10H,8-9,15H2,1H3,(H,16,17)/b3-2+. The lowest BCUT2D eigenvalue weighted by atomic mass is 10.1. The van der Waals surface area contributed by atoms with Crippen LogP contribution < -0.4 is 15.8 Å². The summed E-state index contributed by atoms with van der Waals surface area (Å²) >= 11 is 0. The molecule has 2 rings (SSSR count). The van der Waals surface area contributed by atoms with Crippen LogP contribution in [0.25, 0.3) is 10.8 Å². The molecule has 0 aliphatic rings. The van der Waals surface area contributed by atoms with Crippen LogP contribution in [0.3, 0.4) is 0 Å². The number of nitrogens with two attached hydrogens (primary N) is 1. The fourth-order valence-electron chi connectivity index (χ4n) is 1.83. The fourth-order valence-corrected chi connectivity index (χ4v) is 1.83. The molecule has 3 N–H and O–H groups in total. The average molecular weight is 243 g/mol. The van der Waals surface area contributed by atoms with Crippen molar-refractivity contribution in [2.45, 2.75) is 0 Å². The Morgan fingerprint density at radius 1 is 1.28 bits per heavy atom. The third-order valence-electron chi connectivity index (χ3n) is 2.68. The summed E-state index contributed by atoms with van der Waals surface area (Å²) in [5.74, 6) is 1.71. The second-order valence-electron chi connectivity index (χ2n) is 3.80. The van der Waals surface area contributed by atoms with Crippen LogP contribution in [0.4, 0.5) is 5.82 Å². The maximum absolute atomic E-state index is 5.39. The first kappa shape index (κ1) is 12.4. The van der Waals surface area contributed by atoms with E-state index in [2.05, 4.69) is 10.3 Å². The van der Waals surface area contributed by atoms with E-state index in [9.17, 15) is 0 Å². The molecule has 0 fully saturated rings. The van der Waals surface area contributed by atoms with E-state index in [4.69, 9.17) is 10.5 Å². The van der Waals surface area contributed by atoms with Gasteiger partial charge in [0.1, 0.15) is 11.6 Å². The van der Waals surface area contributed by atoms with Gasteiger partial charge in [-0.05, 0) is 12.1 Å². The van der Waals surface area contributed by atoms with Crippen molar-refractivity contribution in [3.05, 3.63) is 42.6 Å². The number of ether oxygens (including phenoxy) is 1. The molecule has 1 aromatic heterocycles. The Kier molecular flexibility index (Phi) is 4.15. The lowest BCUT2D eigenvalue weighted by Crippen LogP contribution is -2.02. The number of fused-ring (bicyclic) bond motifs is 1. The van der Waals surface area contributed by atoms with Crippen LogP contribution in [-0.4, -0.2) is 25.2 Å². The largest absolute Gasteiger partial charge is 0.496 e. The van der Waals surface area contributed by atoms with Crippen LogP contribution in [0.1, 0.15) is 0 Å². The Bertz CT molecular complexity index is 552. The molecule has 0 aliphatic heterocycles. The zero-order chi connectivity index (χ0) is 12.8. The van der Waals surface area contributed by atoms with Crippen molar-refractivity contribution in [3.63, 3.8) is 0 Å². The number of hydrogen-bond donors (Lipinski definition) is 2. The molecule has 0 saturated carbocycles. The first-order valence-corrected chi connectivity index (χ1v) is 5.87. The highest BCUT2D eigenvalue weighted by Crippen LogP contribution is 2.28. The summed E-state index contributed by atoms with van der Waals surface area (Å²) in [6, 6.07) is 7.89. The number of aromatic nitrogens is 1. The van der Waals surface area contributed by atoms with Crippen LogP contribution in [0.15, 0.2) is 42.6 Å². The Morgan fingerprint density at radius 3 is 2.94 bits per heavy atom. The van der Waals surface area contributed by atoms with Gasteiger partial charge in [0.15, 0.2) is 0 Å². The molecule has 0 aliphatic carbocycles. The molecular formula is C14H17N3O. The van der Waals surface area contributed by atoms with E-state index in [1.165, 1.54) is 0 Å². The highest BCUT2D eigenvalue weighted by molar-refractivity contribution is 5.95. The second kappa shape index (κ2) is 6.02. The molecule has 94 valence electrons. The van der Waals surface area contributed by atoms with Gasteiger partial charge in [0.05, 0.1) is 7.11 Å². The van der Waals surface area contributed by atoms with Gasteiger partial charge in [-0.3, -0.25) is 0 Å². The average Bonchev–Trinajstić information content (AvgIpc) is 2.43. The maximum atomic E-state index is 5.39.